The molecule has 0 radical (unpaired) electrons. The van der Waals surface area contributed by atoms with Crippen molar-refractivity contribution in [3.8, 4) is 0 Å². The maximum Gasteiger partial charge on any atom is 0.287 e. The summed E-state index contributed by atoms with van der Waals surface area (Å²) in [5, 5.41) is 9.73. The molecule has 0 aliphatic heterocycles. The smallest absolute Gasteiger partial charge is 0.287 e. The lowest BCUT2D eigenvalue weighted by atomic mass is 10.2. The first kappa shape index (κ1) is 13.1. The van der Waals surface area contributed by atoms with Crippen LogP contribution in [0.3, 0.4) is 0 Å². The predicted octanol–water partition coefficient (Wildman–Crippen LogP) is 2.01. The van der Waals surface area contributed by atoms with Crippen molar-refractivity contribution in [2.45, 2.75) is 13.0 Å². The van der Waals surface area contributed by atoms with Gasteiger partial charge in [-0.1, -0.05) is 12.1 Å². The number of hydrogen-bond donors (Lipinski definition) is 2. The standard InChI is InChI=1S/C15H13N3O3/c1-9(10-7-16-17-8-10)18-15(20)14-6-12(19)11-4-2-3-5-13(11)21-14/h2-9H,1H3,(H,16,17)(H,18,20). The summed E-state index contributed by atoms with van der Waals surface area (Å²) >= 11 is 0. The molecule has 1 atom stereocenters. The number of fused-ring (bicyclic) bond motifs is 1. The van der Waals surface area contributed by atoms with Gasteiger partial charge in [0.2, 0.25) is 0 Å². The van der Waals surface area contributed by atoms with Crippen LogP contribution < -0.4 is 10.7 Å². The normalized spacial score (nSPS) is 12.2. The van der Waals surface area contributed by atoms with E-state index in [9.17, 15) is 9.59 Å². The molecule has 2 N–H and O–H groups in total. The molecule has 1 amide bonds. The van der Waals surface area contributed by atoms with Gasteiger partial charge < -0.3 is 9.73 Å². The SMILES string of the molecule is CC(NC(=O)c1cc(=O)c2ccccc2o1)c1cn[nH]c1. The van der Waals surface area contributed by atoms with Crippen LogP contribution in [-0.4, -0.2) is 16.1 Å². The lowest BCUT2D eigenvalue weighted by molar-refractivity contribution is 0.0912. The van der Waals surface area contributed by atoms with Crippen molar-refractivity contribution in [1.29, 1.82) is 0 Å². The molecule has 1 unspecified atom stereocenters. The summed E-state index contributed by atoms with van der Waals surface area (Å²) in [5.74, 6) is -0.444. The Labute approximate surface area is 119 Å². The fourth-order valence-corrected chi connectivity index (χ4v) is 2.06. The first-order valence-corrected chi connectivity index (χ1v) is 6.47. The van der Waals surface area contributed by atoms with Gasteiger partial charge in [-0.25, -0.2) is 0 Å². The summed E-state index contributed by atoms with van der Waals surface area (Å²) in [6.07, 6.45) is 3.32. The number of nitrogens with zero attached hydrogens (tertiary/aromatic N) is 1. The number of H-pyrrole nitrogens is 1. The van der Waals surface area contributed by atoms with E-state index in [2.05, 4.69) is 15.5 Å². The summed E-state index contributed by atoms with van der Waals surface area (Å²) in [6, 6.07) is 7.79. The van der Waals surface area contributed by atoms with Crippen LogP contribution in [0.4, 0.5) is 0 Å². The average Bonchev–Trinajstić information content (AvgIpc) is 3.01. The van der Waals surface area contributed by atoms with Crippen molar-refractivity contribution in [1.82, 2.24) is 15.5 Å². The van der Waals surface area contributed by atoms with E-state index in [1.165, 1.54) is 6.07 Å². The van der Waals surface area contributed by atoms with Crippen LogP contribution in [0.25, 0.3) is 11.0 Å². The lowest BCUT2D eigenvalue weighted by Crippen LogP contribution is -2.27. The molecule has 1 aromatic carbocycles. The third kappa shape index (κ3) is 2.55. The van der Waals surface area contributed by atoms with Gasteiger partial charge in [0, 0.05) is 17.8 Å². The fraction of sp³-hybridized carbons (Fsp3) is 0.133. The van der Waals surface area contributed by atoms with Crippen LogP contribution >= 0.6 is 0 Å². The van der Waals surface area contributed by atoms with Crippen LogP contribution in [0.2, 0.25) is 0 Å². The van der Waals surface area contributed by atoms with Crippen molar-refractivity contribution in [2.75, 3.05) is 0 Å². The zero-order valence-corrected chi connectivity index (χ0v) is 11.3. The number of carbonyl (C=O) groups is 1. The van der Waals surface area contributed by atoms with Gasteiger partial charge >= 0.3 is 0 Å². The minimum Gasteiger partial charge on any atom is -0.451 e. The van der Waals surface area contributed by atoms with E-state index in [0.29, 0.717) is 11.0 Å². The maximum absolute atomic E-state index is 12.2. The summed E-state index contributed by atoms with van der Waals surface area (Å²) in [5.41, 5.74) is 0.996. The van der Waals surface area contributed by atoms with Crippen LogP contribution in [0, 0.1) is 0 Å². The first-order valence-electron chi connectivity index (χ1n) is 6.47. The van der Waals surface area contributed by atoms with Gasteiger partial charge in [0.15, 0.2) is 11.2 Å². The average molecular weight is 283 g/mol. The summed E-state index contributed by atoms with van der Waals surface area (Å²) in [7, 11) is 0. The van der Waals surface area contributed by atoms with Crippen LogP contribution in [0.5, 0.6) is 0 Å². The van der Waals surface area contributed by atoms with Crippen LogP contribution in [-0.2, 0) is 0 Å². The third-order valence-electron chi connectivity index (χ3n) is 3.23. The van der Waals surface area contributed by atoms with Crippen LogP contribution in [0.15, 0.2) is 51.9 Å². The molecule has 3 rings (SSSR count). The topological polar surface area (TPSA) is 88.0 Å². The van der Waals surface area contributed by atoms with Gasteiger partial charge in [0.1, 0.15) is 5.58 Å². The number of carbonyl (C=O) groups excluding carboxylic acids is 1. The molecule has 3 aromatic rings. The molecule has 0 aliphatic carbocycles. The molecule has 0 fully saturated rings. The Morgan fingerprint density at radius 3 is 2.95 bits per heavy atom. The molecule has 21 heavy (non-hydrogen) atoms. The van der Waals surface area contributed by atoms with Gasteiger partial charge in [-0.2, -0.15) is 5.10 Å². The largest absolute Gasteiger partial charge is 0.451 e. The quantitative estimate of drug-likeness (QED) is 0.769. The molecule has 0 aliphatic rings. The Bertz CT molecular complexity index is 837. The Morgan fingerprint density at radius 2 is 2.19 bits per heavy atom. The minimum absolute atomic E-state index is 0.00551. The Balaban J connectivity index is 1.90. The summed E-state index contributed by atoms with van der Waals surface area (Å²) in [6.45, 7) is 1.82. The van der Waals surface area contributed by atoms with Crippen molar-refractivity contribution < 1.29 is 9.21 Å². The highest BCUT2D eigenvalue weighted by Gasteiger charge is 2.16. The second-order valence-electron chi connectivity index (χ2n) is 4.70. The number of rotatable bonds is 3. The number of para-hydroxylation sites is 1. The highest BCUT2D eigenvalue weighted by Crippen LogP contribution is 2.14. The molecule has 0 saturated carbocycles. The molecular weight excluding hydrogens is 270 g/mol. The molecular formula is C15H13N3O3. The fourth-order valence-electron chi connectivity index (χ4n) is 2.06. The van der Waals surface area contributed by atoms with E-state index in [1.807, 2.05) is 6.92 Å². The molecule has 106 valence electrons. The molecule has 6 nitrogen and oxygen atoms in total. The number of nitrogens with one attached hydrogen (secondary N) is 2. The predicted molar refractivity (Wildman–Crippen MR) is 77.0 cm³/mol. The van der Waals surface area contributed by atoms with Gasteiger partial charge in [0.05, 0.1) is 17.6 Å². The van der Waals surface area contributed by atoms with Crippen molar-refractivity contribution >= 4 is 16.9 Å². The molecule has 0 spiro atoms. The number of benzene rings is 1. The van der Waals surface area contributed by atoms with E-state index in [-0.39, 0.29) is 17.2 Å². The van der Waals surface area contributed by atoms with Gasteiger partial charge in [0.25, 0.3) is 5.91 Å². The first-order chi connectivity index (χ1) is 10.1. The molecule has 2 heterocycles. The summed E-state index contributed by atoms with van der Waals surface area (Å²) in [4.78, 5) is 24.1. The zero-order valence-electron chi connectivity index (χ0n) is 11.3. The molecule has 6 heteroatoms. The number of aromatic nitrogens is 2. The zero-order chi connectivity index (χ0) is 14.8. The van der Waals surface area contributed by atoms with Crippen molar-refractivity contribution in [3.05, 3.63) is 64.3 Å². The molecule has 0 saturated heterocycles. The van der Waals surface area contributed by atoms with Crippen molar-refractivity contribution in [2.24, 2.45) is 0 Å². The second kappa shape index (κ2) is 5.24. The van der Waals surface area contributed by atoms with E-state index in [0.717, 1.165) is 5.56 Å². The highest BCUT2D eigenvalue weighted by molar-refractivity contribution is 5.93. The van der Waals surface area contributed by atoms with E-state index in [4.69, 9.17) is 4.42 Å². The number of aromatic amines is 1. The Morgan fingerprint density at radius 1 is 1.38 bits per heavy atom. The Hall–Kier alpha value is -2.89. The maximum atomic E-state index is 12.2. The molecule has 2 aromatic heterocycles. The van der Waals surface area contributed by atoms with Crippen molar-refractivity contribution in [3.63, 3.8) is 0 Å². The van der Waals surface area contributed by atoms with Gasteiger partial charge in [-0.05, 0) is 19.1 Å². The van der Waals surface area contributed by atoms with Gasteiger partial charge in [-0.3, -0.25) is 14.7 Å². The van der Waals surface area contributed by atoms with E-state index >= 15 is 0 Å². The minimum atomic E-state index is -0.438. The third-order valence-corrected chi connectivity index (χ3v) is 3.23. The van der Waals surface area contributed by atoms with Crippen LogP contribution in [0.1, 0.15) is 29.1 Å². The number of amides is 1. The molecule has 0 bridgehead atoms. The van der Waals surface area contributed by atoms with Gasteiger partial charge in [-0.15, -0.1) is 0 Å². The highest BCUT2D eigenvalue weighted by atomic mass is 16.3. The second-order valence-corrected chi connectivity index (χ2v) is 4.70. The number of hydrogen-bond acceptors (Lipinski definition) is 4. The summed E-state index contributed by atoms with van der Waals surface area (Å²) < 4.78 is 5.49. The van der Waals surface area contributed by atoms with E-state index in [1.54, 1.807) is 36.7 Å². The lowest BCUT2D eigenvalue weighted by Gasteiger charge is -2.11. The van der Waals surface area contributed by atoms with E-state index < -0.39 is 5.91 Å². The monoisotopic (exact) mass is 283 g/mol. The Kier molecular flexibility index (Phi) is 3.27.